The first-order chi connectivity index (χ1) is 10.5. The van der Waals surface area contributed by atoms with Gasteiger partial charge in [0.25, 0.3) is 0 Å². The fourth-order valence-corrected chi connectivity index (χ4v) is 2.91. The lowest BCUT2D eigenvalue weighted by molar-refractivity contribution is 0.0695. The highest BCUT2D eigenvalue weighted by Gasteiger charge is 2.23. The minimum Gasteiger partial charge on any atom is -0.477 e. The van der Waals surface area contributed by atoms with E-state index in [1.807, 2.05) is 13.1 Å². The zero-order valence-electron chi connectivity index (χ0n) is 12.5. The van der Waals surface area contributed by atoms with Gasteiger partial charge in [-0.2, -0.15) is 0 Å². The number of aromatic amines is 1. The third kappa shape index (κ3) is 2.33. The van der Waals surface area contributed by atoms with Crippen molar-refractivity contribution in [3.05, 3.63) is 33.6 Å². The molecule has 2 aromatic rings. The molecule has 1 atom stereocenters. The molecule has 0 aliphatic carbocycles. The highest BCUT2D eigenvalue weighted by Crippen LogP contribution is 2.22. The summed E-state index contributed by atoms with van der Waals surface area (Å²) >= 11 is 0. The van der Waals surface area contributed by atoms with Crippen LogP contribution in [0.1, 0.15) is 22.3 Å². The highest BCUT2D eigenvalue weighted by molar-refractivity contribution is 5.92. The number of pyridine rings is 2. The molecule has 3 rings (SSSR count). The van der Waals surface area contributed by atoms with Gasteiger partial charge in [0.05, 0.1) is 5.39 Å². The Bertz CT molecular complexity index is 799. The van der Waals surface area contributed by atoms with Gasteiger partial charge >= 0.3 is 5.97 Å². The minimum absolute atomic E-state index is 0.262. The number of carboxylic acids is 1. The summed E-state index contributed by atoms with van der Waals surface area (Å²) in [6.07, 6.45) is 2.26. The summed E-state index contributed by atoms with van der Waals surface area (Å²) in [6.45, 7) is 3.58. The Morgan fingerprint density at radius 2 is 2.32 bits per heavy atom. The van der Waals surface area contributed by atoms with Crippen LogP contribution in [0, 0.1) is 6.92 Å². The first-order valence-electron chi connectivity index (χ1n) is 7.20. The lowest BCUT2D eigenvalue weighted by Gasteiger charge is -2.18. The molecule has 22 heavy (non-hydrogen) atoms. The van der Waals surface area contributed by atoms with Crippen LogP contribution in [0.5, 0.6) is 0 Å². The van der Waals surface area contributed by atoms with Crippen molar-refractivity contribution in [1.29, 1.82) is 0 Å². The van der Waals surface area contributed by atoms with Crippen LogP contribution in [0.15, 0.2) is 17.1 Å². The number of carbonyl (C=O) groups is 1. The van der Waals surface area contributed by atoms with Gasteiger partial charge in [-0.3, -0.25) is 4.79 Å². The number of hydrogen-bond acceptors (Lipinski definition) is 5. The summed E-state index contributed by atoms with van der Waals surface area (Å²) in [6, 6.07) is 2.28. The van der Waals surface area contributed by atoms with Gasteiger partial charge in [0.15, 0.2) is 0 Å². The van der Waals surface area contributed by atoms with Gasteiger partial charge in [-0.25, -0.2) is 9.78 Å². The largest absolute Gasteiger partial charge is 0.477 e. The predicted octanol–water partition coefficient (Wildman–Crippen LogP) is 0.728. The molecule has 0 radical (unpaired) electrons. The Hall–Kier alpha value is -2.41. The summed E-state index contributed by atoms with van der Waals surface area (Å²) in [7, 11) is 1.94. The number of likely N-dealkylation sites (N-methyl/N-ethyl adjacent to an activating group) is 1. The molecule has 0 spiro atoms. The van der Waals surface area contributed by atoms with Gasteiger partial charge < -0.3 is 20.3 Å². The number of aromatic carboxylic acids is 1. The second kappa shape index (κ2) is 5.42. The number of nitrogens with one attached hydrogen (secondary N) is 2. The molecule has 1 fully saturated rings. The fourth-order valence-electron chi connectivity index (χ4n) is 2.91. The Morgan fingerprint density at radius 1 is 1.55 bits per heavy atom. The van der Waals surface area contributed by atoms with E-state index in [1.165, 1.54) is 6.20 Å². The van der Waals surface area contributed by atoms with Crippen molar-refractivity contribution in [3.8, 4) is 0 Å². The third-order valence-corrected chi connectivity index (χ3v) is 4.18. The zero-order chi connectivity index (χ0) is 15.9. The number of nitrogens with zero attached hydrogens (tertiary/aromatic N) is 2. The van der Waals surface area contributed by atoms with Gasteiger partial charge in [-0.15, -0.1) is 0 Å². The molecule has 7 heteroatoms. The van der Waals surface area contributed by atoms with Crippen LogP contribution in [-0.4, -0.2) is 47.2 Å². The molecule has 2 aromatic heterocycles. The van der Waals surface area contributed by atoms with E-state index in [-0.39, 0.29) is 5.56 Å². The molecule has 1 aliphatic rings. The van der Waals surface area contributed by atoms with Crippen LogP contribution in [0.4, 0.5) is 5.82 Å². The Balaban J connectivity index is 2.09. The lowest BCUT2D eigenvalue weighted by Crippen LogP contribution is -2.30. The molecule has 7 nitrogen and oxygen atoms in total. The molecule has 116 valence electrons. The standard InChI is InChI=1S/C15H18N4O3/c1-8-5-11(19-4-3-9(7-19)16-2)18-14-12(8)13(20)10(6-17-14)15(21)22/h5-6,9,16H,3-4,7H2,1-2H3,(H,21,22)(H,17,18,20). The predicted molar refractivity (Wildman–Crippen MR) is 83.7 cm³/mol. The molecule has 0 amide bonds. The smallest absolute Gasteiger partial charge is 0.341 e. The van der Waals surface area contributed by atoms with E-state index >= 15 is 0 Å². The molecule has 3 N–H and O–H groups in total. The number of anilines is 1. The van der Waals surface area contributed by atoms with Crippen LogP contribution in [0.3, 0.4) is 0 Å². The van der Waals surface area contributed by atoms with E-state index in [2.05, 4.69) is 20.2 Å². The number of H-pyrrole nitrogens is 1. The number of rotatable bonds is 3. The van der Waals surface area contributed by atoms with E-state index in [9.17, 15) is 9.59 Å². The summed E-state index contributed by atoms with van der Waals surface area (Å²) in [4.78, 5) is 32.8. The van der Waals surface area contributed by atoms with E-state index in [4.69, 9.17) is 5.11 Å². The Morgan fingerprint density at radius 3 is 2.95 bits per heavy atom. The SMILES string of the molecule is CNC1CCN(c2cc(C)c3c(=O)c(C(=O)O)c[nH]c3n2)C1. The normalized spacial score (nSPS) is 18.1. The molecule has 0 saturated carbocycles. The van der Waals surface area contributed by atoms with E-state index in [0.717, 1.165) is 30.9 Å². The van der Waals surface area contributed by atoms with Crippen molar-refractivity contribution in [2.45, 2.75) is 19.4 Å². The fraction of sp³-hybridized carbons (Fsp3) is 0.400. The van der Waals surface area contributed by atoms with Crippen LogP contribution in [-0.2, 0) is 0 Å². The minimum atomic E-state index is -1.23. The molecule has 1 saturated heterocycles. The first kappa shape index (κ1) is 14.5. The van der Waals surface area contributed by atoms with Crippen molar-refractivity contribution in [2.75, 3.05) is 25.0 Å². The zero-order valence-corrected chi connectivity index (χ0v) is 12.5. The number of fused-ring (bicyclic) bond motifs is 1. The average Bonchev–Trinajstić information content (AvgIpc) is 2.95. The van der Waals surface area contributed by atoms with Crippen LogP contribution >= 0.6 is 0 Å². The van der Waals surface area contributed by atoms with Gasteiger partial charge in [0.1, 0.15) is 17.0 Å². The van der Waals surface area contributed by atoms with Crippen molar-refractivity contribution in [3.63, 3.8) is 0 Å². The van der Waals surface area contributed by atoms with E-state index in [1.54, 1.807) is 6.92 Å². The van der Waals surface area contributed by atoms with Crippen LogP contribution in [0.2, 0.25) is 0 Å². The van der Waals surface area contributed by atoms with Gasteiger partial charge in [0, 0.05) is 25.3 Å². The molecule has 0 aromatic carbocycles. The molecule has 3 heterocycles. The van der Waals surface area contributed by atoms with Gasteiger partial charge in [0.2, 0.25) is 5.43 Å². The number of aryl methyl sites for hydroxylation is 1. The molecular weight excluding hydrogens is 284 g/mol. The molecule has 0 bridgehead atoms. The second-order valence-electron chi connectivity index (χ2n) is 5.58. The van der Waals surface area contributed by atoms with Crippen LogP contribution in [0.25, 0.3) is 11.0 Å². The van der Waals surface area contributed by atoms with E-state index in [0.29, 0.717) is 17.1 Å². The summed E-state index contributed by atoms with van der Waals surface area (Å²) in [5, 5.41) is 12.6. The average molecular weight is 302 g/mol. The number of aromatic nitrogens is 2. The van der Waals surface area contributed by atoms with Crippen molar-refractivity contribution in [1.82, 2.24) is 15.3 Å². The van der Waals surface area contributed by atoms with E-state index < -0.39 is 11.4 Å². The number of hydrogen-bond donors (Lipinski definition) is 3. The monoisotopic (exact) mass is 302 g/mol. The second-order valence-corrected chi connectivity index (χ2v) is 5.58. The first-order valence-corrected chi connectivity index (χ1v) is 7.20. The maximum absolute atomic E-state index is 12.3. The van der Waals surface area contributed by atoms with Gasteiger partial charge in [-0.05, 0) is 32.0 Å². The van der Waals surface area contributed by atoms with Crippen LogP contribution < -0.4 is 15.6 Å². The lowest BCUT2D eigenvalue weighted by atomic mass is 10.1. The quantitative estimate of drug-likeness (QED) is 0.773. The Kier molecular flexibility index (Phi) is 3.58. The summed E-state index contributed by atoms with van der Waals surface area (Å²) < 4.78 is 0. The molecule has 1 aliphatic heterocycles. The van der Waals surface area contributed by atoms with Crippen molar-refractivity contribution >= 4 is 22.8 Å². The highest BCUT2D eigenvalue weighted by atomic mass is 16.4. The molecule has 1 unspecified atom stereocenters. The maximum atomic E-state index is 12.3. The Labute approximate surface area is 127 Å². The van der Waals surface area contributed by atoms with Crippen molar-refractivity contribution in [2.24, 2.45) is 0 Å². The topological polar surface area (TPSA) is 98.3 Å². The maximum Gasteiger partial charge on any atom is 0.341 e. The molecular formula is C15H18N4O3. The van der Waals surface area contributed by atoms with Crippen molar-refractivity contribution < 1.29 is 9.90 Å². The van der Waals surface area contributed by atoms with Gasteiger partial charge in [-0.1, -0.05) is 0 Å². The summed E-state index contributed by atoms with van der Waals surface area (Å²) in [5.41, 5.74) is 0.407. The summed E-state index contributed by atoms with van der Waals surface area (Å²) in [5.74, 6) is -0.426. The number of carboxylic acid groups (broad SMARTS) is 1. The third-order valence-electron chi connectivity index (χ3n) is 4.18.